The fourth-order valence-corrected chi connectivity index (χ4v) is 4.18. The zero-order valence-corrected chi connectivity index (χ0v) is 68.9. The van der Waals surface area contributed by atoms with Crippen molar-refractivity contribution in [2.45, 2.75) is 0 Å². The maximum absolute atomic E-state index is 3.32. The van der Waals surface area contributed by atoms with Crippen LogP contribution >= 0.6 is 0 Å². The molecule has 0 aromatic carbocycles. The molecular formula is C137H4. The Kier molecular flexibility index (Phi) is 82.9. The Balaban J connectivity index is 6.21. The van der Waals surface area contributed by atoms with Crippen molar-refractivity contribution in [2.75, 3.05) is 0 Å². The maximum Gasteiger partial charge on any atom is 0 e. The van der Waals surface area contributed by atoms with Gasteiger partial charge in [-0.3, -0.25) is 0 Å². The van der Waals surface area contributed by atoms with Crippen molar-refractivity contribution in [1.82, 2.24) is 0 Å². The minimum Gasteiger partial charge on any atom is -0.0687 e. The Labute approximate surface area is 781 Å². The molecule has 137 heavy (non-hydrogen) atoms. The van der Waals surface area contributed by atoms with Gasteiger partial charge >= 0.3 is 0 Å². The number of hydrogen-bond acceptors (Lipinski definition) is 0. The third-order valence-electron chi connectivity index (χ3n) is 8.43. The summed E-state index contributed by atoms with van der Waals surface area (Å²) in [6.45, 7) is 6.64. The van der Waals surface area contributed by atoms with Crippen molar-refractivity contribution in [3.05, 3.63) is 787 Å². The van der Waals surface area contributed by atoms with Crippen LogP contribution in [0.15, 0.2) is 787 Å². The van der Waals surface area contributed by atoms with Crippen LogP contribution in [0.1, 0.15) is 0 Å². The lowest BCUT2D eigenvalue weighted by Gasteiger charge is -1.41. The lowest BCUT2D eigenvalue weighted by molar-refractivity contribution is 2.10. The molecule has 0 nitrogen and oxygen atoms in total. The fraction of sp³-hybridized carbons (Fsp3) is 0. The van der Waals surface area contributed by atoms with Gasteiger partial charge in [-0.25, -0.2) is 0 Å². The maximum atomic E-state index is 3.32. The van der Waals surface area contributed by atoms with Crippen molar-refractivity contribution in [1.29, 1.82) is 0 Å². The molecule has 0 rings (SSSR count). The molecule has 0 aliphatic rings. The molecule has 0 aliphatic heterocycles. The molecule has 0 saturated carbocycles. The molecule has 0 heterocycles. The summed E-state index contributed by atoms with van der Waals surface area (Å²) >= 11 is 0. The van der Waals surface area contributed by atoms with Crippen LogP contribution in [0, 0.1) is 0 Å². The molecule has 0 aromatic rings. The molecule has 0 unspecified atom stereocenters. The van der Waals surface area contributed by atoms with E-state index in [1.807, 2.05) is 0 Å². The van der Waals surface area contributed by atoms with Gasteiger partial charge in [0.15, 0.2) is 0 Å². The van der Waals surface area contributed by atoms with Gasteiger partial charge < -0.3 is 0 Å². The highest BCUT2D eigenvalue weighted by molar-refractivity contribution is 5.06. The molecule has 0 fully saturated rings. The van der Waals surface area contributed by atoms with E-state index < -0.39 is 0 Å². The molecule has 0 spiro atoms. The Morgan fingerprint density at radius 3 is 0.0803 bits per heavy atom. The molecule has 0 saturated heterocycles. The topological polar surface area (TPSA) is 0 Å². The van der Waals surface area contributed by atoms with Crippen LogP contribution in [0.25, 0.3) is 0 Å². The standard InChI is InChI=1S/C137H4/c1-3-5-7-9-11-13-15-17-19-21-23-25-27-29-31-33-35-37-39-41-43-45-47-49-51-53-55-57-59-61-63-65-67-69-71-73-75-77-79-81-83-85-87-89-91-93-95-97-99-101-103-105-107-109-111-113-115-117-119-121-123-125-127-129-131-133-135-137-136-134-132-130-128-126-124-122-120-118-116-114-112-110-108-106-104-102-100-98-96-94-92-90-88-86-84-82-80-78-76-74-72-70-68-66-64-62-60-58-56-54-52-50-48-46-44-42-40-38-36-34-32-30-28-26-24-22-20-18-16-14-12-10-8-6-4-2/h1-2H2. The second kappa shape index (κ2) is 106. The summed E-state index contributed by atoms with van der Waals surface area (Å²) in [7, 11) is 0. The second-order valence-electron chi connectivity index (χ2n) is 17.0. The van der Waals surface area contributed by atoms with Crippen molar-refractivity contribution < 1.29 is 0 Å². The third-order valence-corrected chi connectivity index (χ3v) is 8.43. The largest absolute Gasteiger partial charge is 0.0687 e. The molecule has 552 valence electrons. The second-order valence-corrected chi connectivity index (χ2v) is 17.0. The van der Waals surface area contributed by atoms with Crippen LogP contribution in [-0.2, 0) is 0 Å². The highest BCUT2D eigenvalue weighted by atomic mass is 13.6. The van der Waals surface area contributed by atoms with E-state index in [-0.39, 0.29) is 0 Å². The number of rotatable bonds is 0. The van der Waals surface area contributed by atoms with E-state index in [9.17, 15) is 0 Å². The molecule has 0 bridgehead atoms. The van der Waals surface area contributed by atoms with Gasteiger partial charge in [0.25, 0.3) is 0 Å². The van der Waals surface area contributed by atoms with Crippen LogP contribution in [0.5, 0.6) is 0 Å². The lowest BCUT2D eigenvalue weighted by Crippen LogP contribution is -1.26. The van der Waals surface area contributed by atoms with Crippen LogP contribution in [0.2, 0.25) is 0 Å². The highest BCUT2D eigenvalue weighted by Gasteiger charge is 1.54. The average molecular weight is 1650 g/mol. The molecular weight excluding hydrogens is 1650 g/mol. The summed E-state index contributed by atoms with van der Waals surface area (Å²) in [6.07, 6.45) is 0. The van der Waals surface area contributed by atoms with Crippen molar-refractivity contribution in [2.24, 2.45) is 0 Å². The highest BCUT2D eigenvalue weighted by Crippen LogP contribution is 1.70. The first-order valence-corrected chi connectivity index (χ1v) is 34.2. The monoisotopic (exact) mass is 1650 g/mol. The van der Waals surface area contributed by atoms with Gasteiger partial charge in [-0.15, -0.1) is 0 Å². The zero-order valence-electron chi connectivity index (χ0n) is 68.9. The normalized spacial score (nSPS) is 3.97. The van der Waals surface area contributed by atoms with Crippen LogP contribution in [-0.4, -0.2) is 0 Å². The van der Waals surface area contributed by atoms with Crippen molar-refractivity contribution in [3.8, 4) is 0 Å². The van der Waals surface area contributed by atoms with Gasteiger partial charge in [0, 0.05) is 671 Å². The predicted molar refractivity (Wildman–Crippen MR) is 486 cm³/mol. The van der Waals surface area contributed by atoms with E-state index >= 15 is 0 Å². The summed E-state index contributed by atoms with van der Waals surface area (Å²) < 4.78 is 0. The minimum absolute atomic E-state index is 2.37. The first-order chi connectivity index (χ1) is 68.4. The summed E-state index contributed by atoms with van der Waals surface area (Å²) in [4.78, 5) is 0. The van der Waals surface area contributed by atoms with Gasteiger partial charge in [-0.05, 0) is 105 Å². The van der Waals surface area contributed by atoms with E-state index in [1.54, 1.807) is 0 Å². The van der Waals surface area contributed by atoms with Gasteiger partial charge in [0.1, 0.15) is 0 Å². The first-order valence-electron chi connectivity index (χ1n) is 34.2. The van der Waals surface area contributed by atoms with E-state index in [2.05, 4.69) is 787 Å². The summed E-state index contributed by atoms with van der Waals surface area (Å²) in [5.41, 5.74) is 337. The van der Waals surface area contributed by atoms with E-state index in [4.69, 9.17) is 0 Å². The van der Waals surface area contributed by atoms with Gasteiger partial charge in [-0.1, -0.05) is 11.5 Å². The Morgan fingerprint density at radius 1 is 0.0365 bits per heavy atom. The summed E-state index contributed by atoms with van der Waals surface area (Å²) in [5, 5.41) is 0. The molecule has 0 atom stereocenters. The van der Waals surface area contributed by atoms with Gasteiger partial charge in [0.05, 0.1) is 0 Å². The van der Waals surface area contributed by atoms with E-state index in [1.165, 1.54) is 0 Å². The molecule has 0 amide bonds. The van der Waals surface area contributed by atoms with Gasteiger partial charge in [-0.2, -0.15) is 0 Å². The van der Waals surface area contributed by atoms with E-state index in [0.29, 0.717) is 0 Å². The Bertz CT molecular complexity index is 10200. The summed E-state index contributed by atoms with van der Waals surface area (Å²) in [5.74, 6) is 0. The smallest absolute Gasteiger partial charge is 0 e. The minimum atomic E-state index is 2.37. The average Bonchev–Trinajstić information content (AvgIpc) is 1.11. The lowest BCUT2D eigenvalue weighted by atomic mass is 10.6. The SMILES string of the molecule is C=C=C=C=C=C=C=C=C=C=C=C=C=C=C=C=C=C=C=C=C=C=C=C=C=C=C=C=C=C=C=C=C=C=C=C=C=C=C=C=C=C=C=C=C=C=C=C=C=C=C=C=C=C=C=C=C=C=C=C=C=C=C=C=C=C=C=C=C=C=C=C=C=C=C=C=C=C=C=C=C=C=C=C=C=C=C=C=C=C=C=C=C=C=C=C=C=C=C=C=C=C=C=C=C=C=C=C=C=C=C=C=C=C=C=C=C=C=C=C=C=C=C=C=C=C=C=C=C=C=C=C=C=C=C=C=C. The van der Waals surface area contributed by atoms with Gasteiger partial charge in [0.2, 0.25) is 0 Å². The van der Waals surface area contributed by atoms with E-state index in [0.717, 1.165) is 0 Å². The molecule has 0 heteroatoms. The molecule has 0 radical (unpaired) electrons. The molecule has 0 aromatic heterocycles. The van der Waals surface area contributed by atoms with Crippen LogP contribution in [0.3, 0.4) is 0 Å². The predicted octanol–water partition coefficient (Wildman–Crippen LogP) is 21.7. The Morgan fingerprint density at radius 2 is 0.0584 bits per heavy atom. The molecule has 0 aliphatic carbocycles. The van der Waals surface area contributed by atoms with Crippen LogP contribution in [0.4, 0.5) is 0 Å². The zero-order chi connectivity index (χ0) is 97.5. The third kappa shape index (κ3) is 106. The quantitative estimate of drug-likeness (QED) is 0.212. The summed E-state index contributed by atoms with van der Waals surface area (Å²) in [6, 6.07) is 0. The number of hydrogen-bond donors (Lipinski definition) is 0. The van der Waals surface area contributed by atoms with Crippen molar-refractivity contribution in [3.63, 3.8) is 0 Å². The first kappa shape index (κ1) is 107. The Hall–Kier alpha value is -30.0. The molecule has 0 N–H and O–H groups in total. The van der Waals surface area contributed by atoms with Crippen LogP contribution < -0.4 is 0 Å². The van der Waals surface area contributed by atoms with Crippen molar-refractivity contribution >= 4 is 0 Å². The fourth-order valence-electron chi connectivity index (χ4n) is 4.18.